The van der Waals surface area contributed by atoms with Gasteiger partial charge in [0.2, 0.25) is 5.91 Å². The monoisotopic (exact) mass is 214 g/mol. The zero-order valence-electron chi connectivity index (χ0n) is 9.62. The second-order valence-corrected chi connectivity index (χ2v) is 4.46. The summed E-state index contributed by atoms with van der Waals surface area (Å²) in [5, 5.41) is 15.5. The van der Waals surface area contributed by atoms with Gasteiger partial charge in [-0.15, -0.1) is 0 Å². The van der Waals surface area contributed by atoms with E-state index in [0.717, 1.165) is 19.3 Å². The van der Waals surface area contributed by atoms with Crippen molar-refractivity contribution in [1.82, 2.24) is 10.6 Å². The first-order valence-corrected chi connectivity index (χ1v) is 5.75. The van der Waals surface area contributed by atoms with Crippen molar-refractivity contribution in [3.63, 3.8) is 0 Å². The smallest absolute Gasteiger partial charge is 0.224 e. The van der Waals surface area contributed by atoms with E-state index in [1.54, 1.807) is 0 Å². The van der Waals surface area contributed by atoms with Gasteiger partial charge in [0.25, 0.3) is 0 Å². The molecular formula is C11H22N2O2. The number of hydrogen-bond acceptors (Lipinski definition) is 3. The summed E-state index contributed by atoms with van der Waals surface area (Å²) in [6.45, 7) is 3.21. The van der Waals surface area contributed by atoms with Gasteiger partial charge < -0.3 is 15.7 Å². The SMILES string of the molecule is CNCC(C)C(=O)NCC1CCCC1O. The summed E-state index contributed by atoms with van der Waals surface area (Å²) < 4.78 is 0. The van der Waals surface area contributed by atoms with Gasteiger partial charge in [-0.3, -0.25) is 4.79 Å². The zero-order valence-corrected chi connectivity index (χ0v) is 9.62. The Balaban J connectivity index is 2.21. The second kappa shape index (κ2) is 6.08. The molecule has 3 unspecified atom stereocenters. The third-order valence-corrected chi connectivity index (χ3v) is 3.12. The van der Waals surface area contributed by atoms with Crippen molar-refractivity contribution in [3.8, 4) is 0 Å². The molecule has 0 spiro atoms. The first-order valence-electron chi connectivity index (χ1n) is 5.75. The van der Waals surface area contributed by atoms with Crippen LogP contribution in [0, 0.1) is 11.8 Å². The van der Waals surface area contributed by atoms with Crippen LogP contribution in [0.15, 0.2) is 0 Å². The van der Waals surface area contributed by atoms with Gasteiger partial charge in [-0.25, -0.2) is 0 Å². The molecule has 0 radical (unpaired) electrons. The highest BCUT2D eigenvalue weighted by atomic mass is 16.3. The number of hydrogen-bond donors (Lipinski definition) is 3. The Labute approximate surface area is 91.4 Å². The van der Waals surface area contributed by atoms with Crippen LogP contribution in [0.5, 0.6) is 0 Å². The molecule has 0 heterocycles. The predicted octanol–water partition coefficient (Wildman–Crippen LogP) is 0.119. The third-order valence-electron chi connectivity index (χ3n) is 3.12. The Kier molecular flexibility index (Phi) is 5.05. The molecule has 1 amide bonds. The lowest BCUT2D eigenvalue weighted by Gasteiger charge is -2.17. The molecule has 3 N–H and O–H groups in total. The number of amides is 1. The Hall–Kier alpha value is -0.610. The van der Waals surface area contributed by atoms with Crippen LogP contribution in [0.25, 0.3) is 0 Å². The lowest BCUT2D eigenvalue weighted by atomic mass is 10.1. The Morgan fingerprint density at radius 1 is 1.53 bits per heavy atom. The summed E-state index contributed by atoms with van der Waals surface area (Å²) in [5.74, 6) is 0.327. The molecule has 1 aliphatic carbocycles. The van der Waals surface area contributed by atoms with Gasteiger partial charge in [-0.1, -0.05) is 13.3 Å². The molecular weight excluding hydrogens is 192 g/mol. The van der Waals surface area contributed by atoms with Gasteiger partial charge in [0, 0.05) is 24.9 Å². The van der Waals surface area contributed by atoms with Crippen molar-refractivity contribution >= 4 is 5.91 Å². The molecule has 4 nitrogen and oxygen atoms in total. The first-order chi connectivity index (χ1) is 7.15. The summed E-state index contributed by atoms with van der Waals surface area (Å²) >= 11 is 0. The third kappa shape index (κ3) is 3.80. The predicted molar refractivity (Wildman–Crippen MR) is 59.4 cm³/mol. The Morgan fingerprint density at radius 3 is 2.80 bits per heavy atom. The summed E-state index contributed by atoms with van der Waals surface area (Å²) in [7, 11) is 1.84. The summed E-state index contributed by atoms with van der Waals surface area (Å²) in [6, 6.07) is 0. The van der Waals surface area contributed by atoms with Crippen LogP contribution in [0.1, 0.15) is 26.2 Å². The molecule has 88 valence electrons. The van der Waals surface area contributed by atoms with Crippen molar-refractivity contribution < 1.29 is 9.90 Å². The second-order valence-electron chi connectivity index (χ2n) is 4.46. The molecule has 0 bridgehead atoms. The van der Waals surface area contributed by atoms with Gasteiger partial charge in [0.1, 0.15) is 0 Å². The van der Waals surface area contributed by atoms with Gasteiger partial charge in [0.15, 0.2) is 0 Å². The minimum absolute atomic E-state index is 0.00598. The van der Waals surface area contributed by atoms with Gasteiger partial charge in [0.05, 0.1) is 6.10 Å². The average molecular weight is 214 g/mol. The van der Waals surface area contributed by atoms with E-state index in [1.165, 1.54) is 0 Å². The highest BCUT2D eigenvalue weighted by Gasteiger charge is 2.25. The van der Waals surface area contributed by atoms with E-state index in [9.17, 15) is 9.90 Å². The molecule has 1 rings (SSSR count). The molecule has 0 aromatic rings. The Morgan fingerprint density at radius 2 is 2.27 bits per heavy atom. The highest BCUT2D eigenvalue weighted by Crippen LogP contribution is 2.24. The number of aliphatic hydroxyl groups excluding tert-OH is 1. The van der Waals surface area contributed by atoms with Crippen LogP contribution < -0.4 is 10.6 Å². The minimum atomic E-state index is -0.218. The number of aliphatic hydroxyl groups is 1. The normalized spacial score (nSPS) is 27.7. The van der Waals surface area contributed by atoms with Gasteiger partial charge in [-0.05, 0) is 19.9 Å². The standard InChI is InChI=1S/C11H22N2O2/c1-8(6-12-2)11(15)13-7-9-4-3-5-10(9)14/h8-10,12,14H,3-7H2,1-2H3,(H,13,15). The number of carbonyl (C=O) groups excluding carboxylic acids is 1. The molecule has 1 fully saturated rings. The lowest BCUT2D eigenvalue weighted by molar-refractivity contribution is -0.124. The van der Waals surface area contributed by atoms with Crippen LogP contribution >= 0.6 is 0 Å². The van der Waals surface area contributed by atoms with E-state index < -0.39 is 0 Å². The molecule has 4 heteroatoms. The Bertz CT molecular complexity index is 209. The lowest BCUT2D eigenvalue weighted by Crippen LogP contribution is -2.38. The van der Waals surface area contributed by atoms with Crippen molar-refractivity contribution in [3.05, 3.63) is 0 Å². The number of nitrogens with one attached hydrogen (secondary N) is 2. The molecule has 0 saturated heterocycles. The van der Waals surface area contributed by atoms with Gasteiger partial charge >= 0.3 is 0 Å². The van der Waals surface area contributed by atoms with Crippen molar-refractivity contribution in [2.75, 3.05) is 20.1 Å². The fourth-order valence-electron chi connectivity index (χ4n) is 2.06. The summed E-state index contributed by atoms with van der Waals surface area (Å²) in [4.78, 5) is 11.6. The minimum Gasteiger partial charge on any atom is -0.393 e. The van der Waals surface area contributed by atoms with Crippen LogP contribution in [0.2, 0.25) is 0 Å². The van der Waals surface area contributed by atoms with E-state index in [4.69, 9.17) is 0 Å². The zero-order chi connectivity index (χ0) is 11.3. The van der Waals surface area contributed by atoms with Gasteiger partial charge in [-0.2, -0.15) is 0 Å². The van der Waals surface area contributed by atoms with E-state index in [1.807, 2.05) is 14.0 Å². The topological polar surface area (TPSA) is 61.4 Å². The van der Waals surface area contributed by atoms with Crippen molar-refractivity contribution in [2.45, 2.75) is 32.3 Å². The molecule has 0 aliphatic heterocycles. The molecule has 3 atom stereocenters. The average Bonchev–Trinajstić information content (AvgIpc) is 2.61. The van der Waals surface area contributed by atoms with E-state index in [2.05, 4.69) is 10.6 Å². The van der Waals surface area contributed by atoms with Crippen LogP contribution in [-0.2, 0) is 4.79 Å². The maximum atomic E-state index is 11.6. The quantitative estimate of drug-likeness (QED) is 0.609. The van der Waals surface area contributed by atoms with E-state index in [-0.39, 0.29) is 23.8 Å². The maximum absolute atomic E-state index is 11.6. The summed E-state index contributed by atoms with van der Waals surface area (Å²) in [6.07, 6.45) is 2.77. The fourth-order valence-corrected chi connectivity index (χ4v) is 2.06. The highest BCUT2D eigenvalue weighted by molar-refractivity contribution is 5.78. The molecule has 1 saturated carbocycles. The maximum Gasteiger partial charge on any atom is 0.224 e. The molecule has 0 aromatic heterocycles. The fraction of sp³-hybridized carbons (Fsp3) is 0.909. The van der Waals surface area contributed by atoms with Crippen molar-refractivity contribution in [1.29, 1.82) is 0 Å². The molecule has 1 aliphatic rings. The van der Waals surface area contributed by atoms with E-state index >= 15 is 0 Å². The van der Waals surface area contributed by atoms with Crippen molar-refractivity contribution in [2.24, 2.45) is 11.8 Å². The number of rotatable bonds is 5. The summed E-state index contributed by atoms with van der Waals surface area (Å²) in [5.41, 5.74) is 0. The van der Waals surface area contributed by atoms with Crippen LogP contribution in [-0.4, -0.2) is 37.3 Å². The molecule has 15 heavy (non-hydrogen) atoms. The van der Waals surface area contributed by atoms with Crippen LogP contribution in [0.4, 0.5) is 0 Å². The molecule has 0 aromatic carbocycles. The number of carbonyl (C=O) groups is 1. The first kappa shape index (κ1) is 12.5. The van der Waals surface area contributed by atoms with Crippen LogP contribution in [0.3, 0.4) is 0 Å². The van der Waals surface area contributed by atoms with E-state index in [0.29, 0.717) is 13.1 Å². The largest absolute Gasteiger partial charge is 0.393 e.